The third kappa shape index (κ3) is 3.41. The molecule has 0 aliphatic carbocycles. The number of nitrogens with zero attached hydrogens (tertiary/aromatic N) is 4. The summed E-state index contributed by atoms with van der Waals surface area (Å²) < 4.78 is 11.8. The maximum atomic E-state index is 12.8. The molecule has 0 fully saturated rings. The third-order valence-electron chi connectivity index (χ3n) is 4.07. The van der Waals surface area contributed by atoms with Gasteiger partial charge in [0.15, 0.2) is 11.5 Å². The summed E-state index contributed by atoms with van der Waals surface area (Å²) in [7, 11) is 2.94. The van der Waals surface area contributed by atoms with Crippen molar-refractivity contribution in [2.75, 3.05) is 19.5 Å². The smallest absolute Gasteiger partial charge is 0.281 e. The van der Waals surface area contributed by atoms with Crippen molar-refractivity contribution in [2.45, 2.75) is 13.8 Å². The zero-order valence-electron chi connectivity index (χ0n) is 15.9. The van der Waals surface area contributed by atoms with E-state index in [9.17, 15) is 9.59 Å². The lowest BCUT2D eigenvalue weighted by Gasteiger charge is -2.14. The molecule has 9 heteroatoms. The first-order valence-corrected chi connectivity index (χ1v) is 8.32. The number of aliphatic imine (C=N–C) groups is 2. The molecular weight excluding hydrogens is 362 g/mol. The number of carbonyl (C=O) groups excluding carboxylic acids is 2. The molecule has 1 aromatic heterocycles. The molecule has 1 aliphatic heterocycles. The molecule has 2 heterocycles. The fourth-order valence-corrected chi connectivity index (χ4v) is 2.64. The quantitative estimate of drug-likeness (QED) is 0.817. The number of hydrogen-bond donors (Lipinski definition) is 1. The Hall–Kier alpha value is -3.75. The van der Waals surface area contributed by atoms with Gasteiger partial charge in [0.25, 0.3) is 17.8 Å². The number of benzene rings is 1. The Morgan fingerprint density at radius 1 is 1.18 bits per heavy atom. The largest absolute Gasteiger partial charge is 0.493 e. The number of anilines is 1. The standard InChI is InChI=1S/C19H19N5O4/c1-10-9-15(24(23-10)19-20-12(3)11(2)17(25)22-19)21-18(26)13-7-6-8-14(27-4)16(13)28-5/h6-9H,2H2,1,3-5H3,(H,21,26). The number of ether oxygens (including phenoxy) is 2. The summed E-state index contributed by atoms with van der Waals surface area (Å²) in [6.45, 7) is 7.05. The summed E-state index contributed by atoms with van der Waals surface area (Å²) in [4.78, 5) is 33.0. The average Bonchev–Trinajstić information content (AvgIpc) is 3.04. The predicted octanol–water partition coefficient (Wildman–Crippen LogP) is 2.22. The first-order chi connectivity index (χ1) is 13.3. The van der Waals surface area contributed by atoms with E-state index >= 15 is 0 Å². The molecule has 144 valence electrons. The zero-order valence-corrected chi connectivity index (χ0v) is 15.9. The van der Waals surface area contributed by atoms with Gasteiger partial charge in [-0.1, -0.05) is 12.6 Å². The molecule has 2 amide bonds. The number of carbonyl (C=O) groups is 2. The van der Waals surface area contributed by atoms with Crippen LogP contribution in [0.4, 0.5) is 5.82 Å². The average molecular weight is 381 g/mol. The van der Waals surface area contributed by atoms with E-state index in [4.69, 9.17) is 9.47 Å². The van der Waals surface area contributed by atoms with Gasteiger partial charge in [0.05, 0.1) is 36.8 Å². The van der Waals surface area contributed by atoms with Gasteiger partial charge < -0.3 is 14.8 Å². The molecule has 1 aromatic carbocycles. The van der Waals surface area contributed by atoms with Crippen LogP contribution in [-0.4, -0.2) is 47.5 Å². The van der Waals surface area contributed by atoms with Crippen LogP contribution in [0.5, 0.6) is 11.5 Å². The summed E-state index contributed by atoms with van der Waals surface area (Å²) in [5.41, 5.74) is 1.55. The lowest BCUT2D eigenvalue weighted by Crippen LogP contribution is -2.25. The minimum Gasteiger partial charge on any atom is -0.493 e. The van der Waals surface area contributed by atoms with E-state index in [1.54, 1.807) is 38.1 Å². The summed E-state index contributed by atoms with van der Waals surface area (Å²) in [5, 5.41) is 7.03. The van der Waals surface area contributed by atoms with Crippen molar-refractivity contribution in [1.29, 1.82) is 0 Å². The molecule has 0 saturated heterocycles. The summed E-state index contributed by atoms with van der Waals surface area (Å²) in [5.74, 6) is 0.160. The van der Waals surface area contributed by atoms with Gasteiger partial charge in [0.1, 0.15) is 5.82 Å². The fourth-order valence-electron chi connectivity index (χ4n) is 2.64. The van der Waals surface area contributed by atoms with E-state index in [0.29, 0.717) is 28.7 Å². The van der Waals surface area contributed by atoms with E-state index in [1.807, 2.05) is 0 Å². The molecule has 0 atom stereocenters. The lowest BCUT2D eigenvalue weighted by molar-refractivity contribution is -0.113. The molecule has 2 aromatic rings. The van der Waals surface area contributed by atoms with Gasteiger partial charge in [-0.25, -0.2) is 4.99 Å². The van der Waals surface area contributed by atoms with Gasteiger partial charge in [-0.3, -0.25) is 9.59 Å². The van der Waals surface area contributed by atoms with Crippen LogP contribution < -0.4 is 14.8 Å². The molecule has 0 unspecified atom stereocenters. The third-order valence-corrected chi connectivity index (χ3v) is 4.07. The minimum atomic E-state index is -0.498. The van der Waals surface area contributed by atoms with Crippen molar-refractivity contribution in [3.63, 3.8) is 0 Å². The van der Waals surface area contributed by atoms with E-state index in [1.165, 1.54) is 18.9 Å². The normalized spacial score (nSPS) is 13.7. The van der Waals surface area contributed by atoms with E-state index < -0.39 is 11.8 Å². The highest BCUT2D eigenvalue weighted by Gasteiger charge is 2.23. The van der Waals surface area contributed by atoms with E-state index in [2.05, 4.69) is 27.0 Å². The van der Waals surface area contributed by atoms with Crippen molar-refractivity contribution in [3.05, 3.63) is 47.7 Å². The van der Waals surface area contributed by atoms with Crippen LogP contribution in [0.2, 0.25) is 0 Å². The van der Waals surface area contributed by atoms with Crippen LogP contribution in [0.25, 0.3) is 0 Å². The number of amides is 2. The highest BCUT2D eigenvalue weighted by molar-refractivity contribution is 6.28. The SMILES string of the molecule is C=C1C(=O)N=C(n2nc(C)cc2NC(=O)c2cccc(OC)c2OC)N=C1C. The van der Waals surface area contributed by atoms with Crippen molar-refractivity contribution in [1.82, 2.24) is 9.78 Å². The second-order valence-electron chi connectivity index (χ2n) is 5.97. The lowest BCUT2D eigenvalue weighted by atomic mass is 10.1. The number of aryl methyl sites for hydroxylation is 1. The van der Waals surface area contributed by atoms with Crippen molar-refractivity contribution >= 4 is 29.3 Å². The van der Waals surface area contributed by atoms with Crippen LogP contribution in [-0.2, 0) is 4.79 Å². The van der Waals surface area contributed by atoms with Gasteiger partial charge in [-0.05, 0) is 26.0 Å². The molecule has 0 spiro atoms. The molecule has 0 saturated carbocycles. The van der Waals surface area contributed by atoms with Gasteiger partial charge >= 0.3 is 0 Å². The topological polar surface area (TPSA) is 107 Å². The predicted molar refractivity (Wildman–Crippen MR) is 105 cm³/mol. The molecule has 9 nitrogen and oxygen atoms in total. The molecular formula is C19H19N5O4. The van der Waals surface area contributed by atoms with Crippen LogP contribution in [0.1, 0.15) is 23.0 Å². The Bertz CT molecular complexity index is 1050. The van der Waals surface area contributed by atoms with Crippen LogP contribution in [0.15, 0.2) is 46.4 Å². The number of methoxy groups -OCH3 is 2. The minimum absolute atomic E-state index is 0.0518. The second kappa shape index (κ2) is 7.47. The first kappa shape index (κ1) is 19.0. The number of aromatic nitrogens is 2. The van der Waals surface area contributed by atoms with Crippen LogP contribution >= 0.6 is 0 Å². The Morgan fingerprint density at radius 2 is 1.93 bits per heavy atom. The fraction of sp³-hybridized carbons (Fsp3) is 0.211. The summed E-state index contributed by atoms with van der Waals surface area (Å²) in [6.07, 6.45) is 0. The van der Waals surface area contributed by atoms with Gasteiger partial charge in [0.2, 0.25) is 0 Å². The van der Waals surface area contributed by atoms with Crippen LogP contribution in [0, 0.1) is 6.92 Å². The Balaban J connectivity index is 1.98. The Kier molecular flexibility index (Phi) is 5.08. The van der Waals surface area contributed by atoms with Gasteiger partial charge in [-0.2, -0.15) is 14.8 Å². The zero-order chi connectivity index (χ0) is 20.4. The van der Waals surface area contributed by atoms with Crippen molar-refractivity contribution in [2.24, 2.45) is 9.98 Å². The number of nitrogens with one attached hydrogen (secondary N) is 1. The summed E-state index contributed by atoms with van der Waals surface area (Å²) in [6, 6.07) is 6.63. The maximum Gasteiger partial charge on any atom is 0.281 e. The monoisotopic (exact) mass is 381 g/mol. The van der Waals surface area contributed by atoms with Gasteiger partial charge in [-0.15, -0.1) is 0 Å². The number of rotatable bonds is 4. The molecule has 3 rings (SSSR count). The second-order valence-corrected chi connectivity index (χ2v) is 5.97. The van der Waals surface area contributed by atoms with Crippen molar-refractivity contribution < 1.29 is 19.1 Å². The van der Waals surface area contributed by atoms with E-state index in [-0.39, 0.29) is 17.1 Å². The number of para-hydroxylation sites is 1. The Morgan fingerprint density at radius 3 is 2.57 bits per heavy atom. The highest BCUT2D eigenvalue weighted by atomic mass is 16.5. The molecule has 1 N–H and O–H groups in total. The van der Waals surface area contributed by atoms with E-state index in [0.717, 1.165) is 0 Å². The summed E-state index contributed by atoms with van der Waals surface area (Å²) >= 11 is 0. The molecule has 0 bridgehead atoms. The van der Waals surface area contributed by atoms with Gasteiger partial charge in [0, 0.05) is 6.07 Å². The molecule has 0 radical (unpaired) electrons. The Labute approximate surface area is 161 Å². The molecule has 28 heavy (non-hydrogen) atoms. The number of hydrogen-bond acceptors (Lipinski definition) is 6. The maximum absolute atomic E-state index is 12.8. The highest BCUT2D eigenvalue weighted by Crippen LogP contribution is 2.31. The van der Waals surface area contributed by atoms with Crippen LogP contribution in [0.3, 0.4) is 0 Å². The van der Waals surface area contributed by atoms with Crippen molar-refractivity contribution in [3.8, 4) is 11.5 Å². The first-order valence-electron chi connectivity index (χ1n) is 8.32. The molecule has 1 aliphatic rings.